The van der Waals surface area contributed by atoms with Crippen molar-refractivity contribution in [2.45, 2.75) is 12.8 Å². The Balaban J connectivity index is 2.33. The van der Waals surface area contributed by atoms with Gasteiger partial charge in [-0.15, -0.1) is 0 Å². The van der Waals surface area contributed by atoms with Crippen molar-refractivity contribution >= 4 is 11.8 Å². The maximum atomic E-state index is 11.2. The van der Waals surface area contributed by atoms with E-state index in [9.17, 15) is 9.59 Å². The second-order valence-electron chi connectivity index (χ2n) is 4.15. The van der Waals surface area contributed by atoms with Gasteiger partial charge in [-0.3, -0.25) is 9.59 Å². The summed E-state index contributed by atoms with van der Waals surface area (Å²) >= 11 is 0. The number of amides is 2. The fourth-order valence-electron chi connectivity index (χ4n) is 2.77. The normalized spacial score (nSPS) is 39.7. The summed E-state index contributed by atoms with van der Waals surface area (Å²) in [6, 6.07) is 0. The number of hydrogen-bond acceptors (Lipinski definition) is 2. The topological polar surface area (TPSA) is 86.2 Å². The van der Waals surface area contributed by atoms with Gasteiger partial charge in [-0.1, -0.05) is 12.2 Å². The first-order valence-corrected chi connectivity index (χ1v) is 4.88. The van der Waals surface area contributed by atoms with Crippen LogP contribution in [0.15, 0.2) is 12.2 Å². The molecule has 0 saturated heterocycles. The molecule has 0 unspecified atom stereocenters. The molecule has 1 fully saturated rings. The van der Waals surface area contributed by atoms with Crippen LogP contribution in [0, 0.1) is 23.7 Å². The van der Waals surface area contributed by atoms with E-state index < -0.39 is 11.8 Å². The van der Waals surface area contributed by atoms with Gasteiger partial charge in [-0.05, 0) is 24.7 Å². The minimum atomic E-state index is -0.396. The first-order chi connectivity index (χ1) is 6.61. The summed E-state index contributed by atoms with van der Waals surface area (Å²) in [5, 5.41) is 0. The lowest BCUT2D eigenvalue weighted by Crippen LogP contribution is -2.49. The molecule has 2 bridgehead atoms. The summed E-state index contributed by atoms with van der Waals surface area (Å²) in [4.78, 5) is 22.5. The van der Waals surface area contributed by atoms with Gasteiger partial charge < -0.3 is 11.5 Å². The molecule has 0 aromatic heterocycles. The maximum Gasteiger partial charge on any atom is 0.221 e. The Kier molecular flexibility index (Phi) is 2.06. The van der Waals surface area contributed by atoms with Crippen LogP contribution in [0.25, 0.3) is 0 Å². The van der Waals surface area contributed by atoms with Crippen LogP contribution in [-0.4, -0.2) is 11.8 Å². The van der Waals surface area contributed by atoms with Gasteiger partial charge in [-0.2, -0.15) is 0 Å². The second kappa shape index (κ2) is 3.12. The predicted octanol–water partition coefficient (Wildman–Crippen LogP) is -0.215. The zero-order valence-corrected chi connectivity index (χ0v) is 7.85. The van der Waals surface area contributed by atoms with Crippen molar-refractivity contribution in [1.29, 1.82) is 0 Å². The van der Waals surface area contributed by atoms with Gasteiger partial charge in [0.15, 0.2) is 0 Å². The van der Waals surface area contributed by atoms with Crippen molar-refractivity contribution in [2.24, 2.45) is 35.1 Å². The first-order valence-electron chi connectivity index (χ1n) is 4.88. The molecule has 0 spiro atoms. The molecule has 0 aliphatic heterocycles. The summed E-state index contributed by atoms with van der Waals surface area (Å²) in [5.41, 5.74) is 10.6. The van der Waals surface area contributed by atoms with Crippen LogP contribution >= 0.6 is 0 Å². The Labute approximate surface area is 82.3 Å². The Morgan fingerprint density at radius 1 is 0.929 bits per heavy atom. The smallest absolute Gasteiger partial charge is 0.221 e. The van der Waals surface area contributed by atoms with Crippen molar-refractivity contribution in [3.63, 3.8) is 0 Å². The van der Waals surface area contributed by atoms with Crippen LogP contribution in [0.5, 0.6) is 0 Å². The minimum Gasteiger partial charge on any atom is -0.369 e. The zero-order valence-electron chi connectivity index (χ0n) is 7.85. The van der Waals surface area contributed by atoms with Gasteiger partial charge in [0.1, 0.15) is 0 Å². The molecule has 3 rings (SSSR count). The van der Waals surface area contributed by atoms with Gasteiger partial charge in [0, 0.05) is 0 Å². The molecular weight excluding hydrogens is 180 g/mol. The van der Waals surface area contributed by atoms with Crippen LogP contribution in [0.2, 0.25) is 0 Å². The molecule has 4 nitrogen and oxygen atoms in total. The average molecular weight is 194 g/mol. The van der Waals surface area contributed by atoms with Crippen molar-refractivity contribution in [2.75, 3.05) is 0 Å². The van der Waals surface area contributed by atoms with E-state index in [0.717, 1.165) is 12.8 Å². The highest BCUT2D eigenvalue weighted by Gasteiger charge is 2.46. The lowest BCUT2D eigenvalue weighted by Gasteiger charge is -2.41. The van der Waals surface area contributed by atoms with E-state index >= 15 is 0 Å². The van der Waals surface area contributed by atoms with Crippen LogP contribution in [0.3, 0.4) is 0 Å². The third-order valence-electron chi connectivity index (χ3n) is 3.41. The number of nitrogens with two attached hydrogens (primary N) is 2. The van der Waals surface area contributed by atoms with E-state index in [1.807, 2.05) is 12.2 Å². The molecule has 3 aliphatic rings. The highest BCUT2D eigenvalue weighted by atomic mass is 16.2. The van der Waals surface area contributed by atoms with Crippen LogP contribution in [-0.2, 0) is 9.59 Å². The molecule has 2 amide bonds. The molecule has 0 heterocycles. The predicted molar refractivity (Wildman–Crippen MR) is 50.7 cm³/mol. The third-order valence-corrected chi connectivity index (χ3v) is 3.41. The molecule has 3 aliphatic carbocycles. The Bertz CT molecular complexity index is 281. The van der Waals surface area contributed by atoms with E-state index in [-0.39, 0.29) is 23.7 Å². The average Bonchev–Trinajstić information content (AvgIpc) is 2.17. The molecule has 1 saturated carbocycles. The SMILES string of the molecule is NC(=O)[C@H]1[C@H](C(N)=O)[C@H]2C=C[C@@H]1CC2. The molecule has 14 heavy (non-hydrogen) atoms. The number of fused-ring (bicyclic) bond motifs is 2. The number of primary amides is 2. The fourth-order valence-corrected chi connectivity index (χ4v) is 2.77. The van der Waals surface area contributed by atoms with Crippen molar-refractivity contribution in [1.82, 2.24) is 0 Å². The minimum absolute atomic E-state index is 0.120. The highest BCUT2D eigenvalue weighted by molar-refractivity contribution is 5.87. The van der Waals surface area contributed by atoms with E-state index in [1.54, 1.807) is 0 Å². The monoisotopic (exact) mass is 194 g/mol. The van der Waals surface area contributed by atoms with E-state index in [1.165, 1.54) is 0 Å². The molecular formula is C10H14N2O2. The molecule has 4 N–H and O–H groups in total. The molecule has 4 atom stereocenters. The molecule has 4 heteroatoms. The molecule has 76 valence electrons. The number of rotatable bonds is 2. The lowest BCUT2D eigenvalue weighted by atomic mass is 9.62. The molecule has 0 aromatic rings. The fraction of sp³-hybridized carbons (Fsp3) is 0.600. The summed E-state index contributed by atoms with van der Waals surface area (Å²) in [5.74, 6) is -1.31. The molecule has 0 aromatic carbocycles. The van der Waals surface area contributed by atoms with Crippen molar-refractivity contribution < 1.29 is 9.59 Å². The molecule has 0 radical (unpaired) electrons. The van der Waals surface area contributed by atoms with Crippen LogP contribution in [0.1, 0.15) is 12.8 Å². The number of allylic oxidation sites excluding steroid dienone is 2. The number of hydrogen-bond donors (Lipinski definition) is 2. The zero-order chi connectivity index (χ0) is 10.3. The number of carbonyl (C=O) groups is 2. The summed E-state index contributed by atoms with van der Waals surface area (Å²) in [6.07, 6.45) is 5.89. The van der Waals surface area contributed by atoms with Gasteiger partial charge >= 0.3 is 0 Å². The van der Waals surface area contributed by atoms with Crippen molar-refractivity contribution in [3.8, 4) is 0 Å². The van der Waals surface area contributed by atoms with E-state index in [0.29, 0.717) is 0 Å². The number of carbonyl (C=O) groups excluding carboxylic acids is 2. The van der Waals surface area contributed by atoms with Gasteiger partial charge in [-0.25, -0.2) is 0 Å². The van der Waals surface area contributed by atoms with Gasteiger partial charge in [0.05, 0.1) is 11.8 Å². The van der Waals surface area contributed by atoms with Gasteiger partial charge in [0.25, 0.3) is 0 Å². The van der Waals surface area contributed by atoms with E-state index in [2.05, 4.69) is 0 Å². The maximum absolute atomic E-state index is 11.2. The Hall–Kier alpha value is -1.32. The highest BCUT2D eigenvalue weighted by Crippen LogP contribution is 2.44. The Morgan fingerprint density at radius 2 is 1.29 bits per heavy atom. The van der Waals surface area contributed by atoms with Crippen molar-refractivity contribution in [3.05, 3.63) is 12.2 Å². The van der Waals surface area contributed by atoms with Crippen LogP contribution < -0.4 is 11.5 Å². The summed E-state index contributed by atoms with van der Waals surface area (Å²) < 4.78 is 0. The largest absolute Gasteiger partial charge is 0.369 e. The first kappa shape index (κ1) is 9.24. The standard InChI is InChI=1S/C10H14N2O2/c11-9(13)7-5-1-2-6(4-3-5)8(7)10(12)14/h1-2,5-8H,3-4H2,(H2,11,13)(H2,12,14)/t5-,6+,7-,8-/m1/s1. The van der Waals surface area contributed by atoms with E-state index in [4.69, 9.17) is 11.5 Å². The third kappa shape index (κ3) is 1.22. The summed E-state index contributed by atoms with van der Waals surface area (Å²) in [6.45, 7) is 0. The van der Waals surface area contributed by atoms with Gasteiger partial charge in [0.2, 0.25) is 11.8 Å². The second-order valence-corrected chi connectivity index (χ2v) is 4.15. The lowest BCUT2D eigenvalue weighted by molar-refractivity contribution is -0.136. The summed E-state index contributed by atoms with van der Waals surface area (Å²) in [7, 11) is 0. The Morgan fingerprint density at radius 3 is 1.50 bits per heavy atom. The quantitative estimate of drug-likeness (QED) is 0.596. The van der Waals surface area contributed by atoms with Crippen LogP contribution in [0.4, 0.5) is 0 Å².